The van der Waals surface area contributed by atoms with Gasteiger partial charge in [-0.1, -0.05) is 22.0 Å². The second-order valence-corrected chi connectivity index (χ2v) is 8.13. The van der Waals surface area contributed by atoms with Gasteiger partial charge in [-0.15, -0.1) is 0 Å². The zero-order valence-electron chi connectivity index (χ0n) is 10.4. The lowest BCUT2D eigenvalue weighted by atomic mass is 9.87. The zero-order chi connectivity index (χ0) is 14.0. The fourth-order valence-corrected chi connectivity index (χ4v) is 4.98. The lowest BCUT2D eigenvalue weighted by Gasteiger charge is -2.20. The molecule has 19 heavy (non-hydrogen) atoms. The Bertz CT molecular complexity index is 559. The highest BCUT2D eigenvalue weighted by atomic mass is 79.9. The number of aliphatic hydroxyl groups is 1. The molecule has 0 radical (unpaired) electrons. The van der Waals surface area contributed by atoms with Crippen LogP contribution >= 0.6 is 15.9 Å². The summed E-state index contributed by atoms with van der Waals surface area (Å²) in [6.45, 7) is -0.0516. The molecule has 106 valence electrons. The van der Waals surface area contributed by atoms with Gasteiger partial charge in [-0.25, -0.2) is 12.8 Å². The molecule has 0 saturated carbocycles. The second kappa shape index (κ2) is 5.89. The van der Waals surface area contributed by atoms with E-state index in [4.69, 9.17) is 0 Å². The fourth-order valence-electron chi connectivity index (χ4n) is 2.55. The van der Waals surface area contributed by atoms with Crippen LogP contribution in [0.3, 0.4) is 0 Å². The molecular weight excluding hydrogens is 335 g/mol. The molecule has 6 heteroatoms. The van der Waals surface area contributed by atoms with Crippen LogP contribution in [0.25, 0.3) is 0 Å². The molecule has 1 N–H and O–H groups in total. The maximum Gasteiger partial charge on any atom is 0.150 e. The van der Waals surface area contributed by atoms with Crippen molar-refractivity contribution in [3.05, 3.63) is 34.1 Å². The molecule has 1 aliphatic rings. The van der Waals surface area contributed by atoms with Crippen LogP contribution in [-0.2, 0) is 16.3 Å². The first kappa shape index (κ1) is 14.9. The molecule has 2 atom stereocenters. The van der Waals surface area contributed by atoms with Gasteiger partial charge in [0.1, 0.15) is 5.82 Å². The third-order valence-corrected chi connectivity index (χ3v) is 6.20. The van der Waals surface area contributed by atoms with E-state index >= 15 is 0 Å². The van der Waals surface area contributed by atoms with Gasteiger partial charge in [-0.3, -0.25) is 0 Å². The number of hydrogen-bond acceptors (Lipinski definition) is 3. The largest absolute Gasteiger partial charge is 0.396 e. The number of hydrogen-bond donors (Lipinski definition) is 1. The average molecular weight is 351 g/mol. The molecule has 1 aromatic carbocycles. The third-order valence-electron chi connectivity index (χ3n) is 3.67. The van der Waals surface area contributed by atoms with E-state index in [1.54, 1.807) is 6.07 Å². The fraction of sp³-hybridized carbons (Fsp3) is 0.538. The number of sulfone groups is 1. The molecule has 0 bridgehead atoms. The molecule has 0 amide bonds. The summed E-state index contributed by atoms with van der Waals surface area (Å²) in [7, 11) is -2.94. The van der Waals surface area contributed by atoms with Crippen molar-refractivity contribution in [2.24, 2.45) is 11.8 Å². The smallest absolute Gasteiger partial charge is 0.150 e. The van der Waals surface area contributed by atoms with E-state index in [0.717, 1.165) is 5.56 Å². The van der Waals surface area contributed by atoms with Gasteiger partial charge in [-0.05, 0) is 42.4 Å². The van der Waals surface area contributed by atoms with Crippen molar-refractivity contribution in [3.63, 3.8) is 0 Å². The van der Waals surface area contributed by atoms with Crippen molar-refractivity contribution in [3.8, 4) is 0 Å². The first-order chi connectivity index (χ1) is 8.91. The van der Waals surface area contributed by atoms with Crippen molar-refractivity contribution >= 4 is 25.8 Å². The van der Waals surface area contributed by atoms with E-state index in [1.165, 1.54) is 12.1 Å². The predicted octanol–water partition coefficient (Wildman–Crippen LogP) is 2.17. The van der Waals surface area contributed by atoms with Crippen LogP contribution in [0.2, 0.25) is 0 Å². The van der Waals surface area contributed by atoms with Crippen LogP contribution in [-0.4, -0.2) is 31.6 Å². The van der Waals surface area contributed by atoms with Crippen LogP contribution in [0.15, 0.2) is 22.7 Å². The van der Waals surface area contributed by atoms with E-state index in [0.29, 0.717) is 17.3 Å². The molecule has 3 nitrogen and oxygen atoms in total. The molecule has 2 rings (SSSR count). The summed E-state index contributed by atoms with van der Waals surface area (Å²) in [5.41, 5.74) is 0.893. The lowest BCUT2D eigenvalue weighted by molar-refractivity contribution is 0.184. The monoisotopic (exact) mass is 350 g/mol. The Morgan fingerprint density at radius 3 is 2.74 bits per heavy atom. The first-order valence-electron chi connectivity index (χ1n) is 6.16. The minimum Gasteiger partial charge on any atom is -0.396 e. The minimum absolute atomic E-state index is 0.00745. The molecule has 1 aromatic rings. The Balaban J connectivity index is 2.11. The molecule has 1 saturated heterocycles. The zero-order valence-corrected chi connectivity index (χ0v) is 12.8. The van der Waals surface area contributed by atoms with Crippen LogP contribution in [0.4, 0.5) is 4.39 Å². The molecule has 1 aliphatic heterocycles. The Kier molecular flexibility index (Phi) is 4.63. The van der Waals surface area contributed by atoms with Crippen molar-refractivity contribution in [2.75, 3.05) is 18.1 Å². The molecule has 0 aromatic heterocycles. The summed E-state index contributed by atoms with van der Waals surface area (Å²) in [4.78, 5) is 0. The summed E-state index contributed by atoms with van der Waals surface area (Å²) >= 11 is 3.30. The topological polar surface area (TPSA) is 54.4 Å². The van der Waals surface area contributed by atoms with Crippen molar-refractivity contribution in [2.45, 2.75) is 12.8 Å². The van der Waals surface area contributed by atoms with Gasteiger partial charge in [0.25, 0.3) is 0 Å². The summed E-state index contributed by atoms with van der Waals surface area (Å²) in [6.07, 6.45) is 1.16. The van der Waals surface area contributed by atoms with Gasteiger partial charge in [-0.2, -0.15) is 0 Å². The van der Waals surface area contributed by atoms with Crippen molar-refractivity contribution in [1.82, 2.24) is 0 Å². The van der Waals surface area contributed by atoms with Crippen LogP contribution in [0.5, 0.6) is 0 Å². The van der Waals surface area contributed by atoms with E-state index in [9.17, 15) is 17.9 Å². The third kappa shape index (κ3) is 3.77. The maximum atomic E-state index is 13.0. The van der Waals surface area contributed by atoms with E-state index in [2.05, 4.69) is 15.9 Å². The van der Waals surface area contributed by atoms with Crippen molar-refractivity contribution < 1.29 is 17.9 Å². The quantitative estimate of drug-likeness (QED) is 0.905. The standard InChI is InChI=1S/C13H16BrFO3S/c14-13-6-12(15)2-1-9(13)5-11(7-16)10-3-4-19(17,18)8-10/h1-2,6,10-11,16H,3-5,7-8H2. The number of aliphatic hydroxyl groups excluding tert-OH is 1. The maximum absolute atomic E-state index is 13.0. The van der Waals surface area contributed by atoms with Gasteiger partial charge in [0, 0.05) is 11.1 Å². The van der Waals surface area contributed by atoms with E-state index in [1.807, 2.05) is 0 Å². The Morgan fingerprint density at radius 2 is 2.21 bits per heavy atom. The highest BCUT2D eigenvalue weighted by Crippen LogP contribution is 2.30. The molecule has 1 fully saturated rings. The molecule has 2 unspecified atom stereocenters. The van der Waals surface area contributed by atoms with Crippen LogP contribution in [0, 0.1) is 17.7 Å². The molecular formula is C13H16BrFO3S. The SMILES string of the molecule is O=S1(=O)CCC(C(CO)Cc2ccc(F)cc2Br)C1. The van der Waals surface area contributed by atoms with Gasteiger partial charge < -0.3 is 5.11 Å². The van der Waals surface area contributed by atoms with E-state index in [-0.39, 0.29) is 35.8 Å². The van der Waals surface area contributed by atoms with Crippen LogP contribution in [0.1, 0.15) is 12.0 Å². The van der Waals surface area contributed by atoms with Gasteiger partial charge >= 0.3 is 0 Å². The lowest BCUT2D eigenvalue weighted by Crippen LogP contribution is -2.22. The Hall–Kier alpha value is -0.460. The summed E-state index contributed by atoms with van der Waals surface area (Å²) in [5.74, 6) is -0.0684. The normalized spacial score (nSPS) is 23.4. The highest BCUT2D eigenvalue weighted by molar-refractivity contribution is 9.10. The molecule has 1 heterocycles. The minimum atomic E-state index is -2.94. The van der Waals surface area contributed by atoms with Gasteiger partial charge in [0.05, 0.1) is 11.5 Å². The molecule has 0 aliphatic carbocycles. The Labute approximate surface area is 120 Å². The summed E-state index contributed by atoms with van der Waals surface area (Å²) in [5, 5.41) is 9.48. The Morgan fingerprint density at radius 1 is 1.47 bits per heavy atom. The molecule has 0 spiro atoms. The van der Waals surface area contributed by atoms with Crippen LogP contribution < -0.4 is 0 Å². The average Bonchev–Trinajstić information content (AvgIpc) is 2.69. The summed E-state index contributed by atoms with van der Waals surface area (Å²) < 4.78 is 36.6. The van der Waals surface area contributed by atoms with Gasteiger partial charge in [0.2, 0.25) is 0 Å². The summed E-state index contributed by atoms with van der Waals surface area (Å²) in [6, 6.07) is 4.43. The first-order valence-corrected chi connectivity index (χ1v) is 8.78. The number of halogens is 2. The number of benzene rings is 1. The van der Waals surface area contributed by atoms with E-state index < -0.39 is 9.84 Å². The second-order valence-electron chi connectivity index (χ2n) is 5.05. The number of rotatable bonds is 4. The van der Waals surface area contributed by atoms with Crippen molar-refractivity contribution in [1.29, 1.82) is 0 Å². The highest BCUT2D eigenvalue weighted by Gasteiger charge is 2.33. The van der Waals surface area contributed by atoms with Gasteiger partial charge in [0.15, 0.2) is 9.84 Å². The predicted molar refractivity (Wildman–Crippen MR) is 75.1 cm³/mol.